The summed E-state index contributed by atoms with van der Waals surface area (Å²) in [5.41, 5.74) is 2.44. The highest BCUT2D eigenvalue weighted by molar-refractivity contribution is 7.08. The number of carbonyl (C=O) groups excluding carboxylic acids is 2. The highest BCUT2D eigenvalue weighted by Crippen LogP contribution is 2.45. The topological polar surface area (TPSA) is 66.8 Å². The number of aliphatic hydroxyl groups excluding tert-OH is 1. The van der Waals surface area contributed by atoms with Crippen LogP contribution >= 0.6 is 11.3 Å². The minimum atomic E-state index is -3.09. The van der Waals surface area contributed by atoms with Gasteiger partial charge in [-0.2, -0.15) is 20.1 Å². The Balaban J connectivity index is 1.83. The maximum absolute atomic E-state index is 13.2. The van der Waals surface area contributed by atoms with E-state index in [1.165, 1.54) is 23.1 Å². The van der Waals surface area contributed by atoms with E-state index in [9.17, 15) is 23.5 Å². The molecule has 0 spiro atoms. The summed E-state index contributed by atoms with van der Waals surface area (Å²) in [4.78, 5) is 27.6. The number of nitrogens with zero attached hydrogens (tertiary/aromatic N) is 1. The second-order valence-electron chi connectivity index (χ2n) is 8.34. The summed E-state index contributed by atoms with van der Waals surface area (Å²) >= 11 is 1.56. The van der Waals surface area contributed by atoms with Gasteiger partial charge in [-0.3, -0.25) is 14.5 Å². The van der Waals surface area contributed by atoms with Gasteiger partial charge in [-0.1, -0.05) is 44.2 Å². The van der Waals surface area contributed by atoms with Crippen LogP contribution in [0.25, 0.3) is 11.1 Å². The molecule has 0 radical (unpaired) electrons. The van der Waals surface area contributed by atoms with E-state index in [0.29, 0.717) is 5.69 Å². The van der Waals surface area contributed by atoms with Crippen molar-refractivity contribution in [3.63, 3.8) is 0 Å². The quantitative estimate of drug-likeness (QED) is 0.396. The Hall–Kier alpha value is -3.52. The number of Topliss-reactive ketones (excluding diaryl/α,β-unsaturated/α-hetero) is 1. The Morgan fingerprint density at radius 2 is 1.79 bits per heavy atom. The number of ketones is 1. The van der Waals surface area contributed by atoms with Crippen LogP contribution in [-0.4, -0.2) is 23.4 Å². The van der Waals surface area contributed by atoms with Crippen molar-refractivity contribution in [1.29, 1.82) is 0 Å². The van der Waals surface area contributed by atoms with Gasteiger partial charge in [0, 0.05) is 17.7 Å². The van der Waals surface area contributed by atoms with Crippen molar-refractivity contribution in [2.24, 2.45) is 5.92 Å². The molecule has 0 aliphatic carbocycles. The Kier molecular flexibility index (Phi) is 6.79. The number of hydrogen-bond acceptors (Lipinski definition) is 5. The van der Waals surface area contributed by atoms with E-state index in [2.05, 4.69) is 0 Å². The summed E-state index contributed by atoms with van der Waals surface area (Å²) < 4.78 is 31.0. The molecule has 8 heteroatoms. The lowest BCUT2D eigenvalue weighted by atomic mass is 9.91. The molecule has 3 aromatic rings. The van der Waals surface area contributed by atoms with Gasteiger partial charge in [0.2, 0.25) is 0 Å². The number of benzene rings is 2. The van der Waals surface area contributed by atoms with Gasteiger partial charge in [-0.05, 0) is 52.1 Å². The first-order chi connectivity index (χ1) is 16.3. The molecule has 1 aromatic heterocycles. The maximum Gasteiger partial charge on any atom is 0.387 e. The normalized spacial score (nSPS) is 16.1. The molecule has 1 amide bonds. The van der Waals surface area contributed by atoms with E-state index in [0.717, 1.165) is 11.1 Å². The number of para-hydroxylation sites is 1. The highest BCUT2D eigenvalue weighted by atomic mass is 32.1. The van der Waals surface area contributed by atoms with Gasteiger partial charge >= 0.3 is 6.61 Å². The molecule has 34 heavy (non-hydrogen) atoms. The molecular formula is C26H23F2NO4S. The second-order valence-corrected chi connectivity index (χ2v) is 9.12. The summed E-state index contributed by atoms with van der Waals surface area (Å²) in [5, 5.41) is 14.7. The third-order valence-corrected chi connectivity index (χ3v) is 6.22. The van der Waals surface area contributed by atoms with E-state index < -0.39 is 30.1 Å². The van der Waals surface area contributed by atoms with E-state index in [1.807, 2.05) is 42.8 Å². The van der Waals surface area contributed by atoms with E-state index in [-0.39, 0.29) is 29.2 Å². The fourth-order valence-electron chi connectivity index (χ4n) is 4.08. The van der Waals surface area contributed by atoms with Gasteiger partial charge in [0.05, 0.1) is 11.6 Å². The zero-order valence-electron chi connectivity index (χ0n) is 18.6. The van der Waals surface area contributed by atoms with Crippen molar-refractivity contribution in [3.8, 4) is 16.9 Å². The van der Waals surface area contributed by atoms with Gasteiger partial charge in [0.25, 0.3) is 5.91 Å². The highest BCUT2D eigenvalue weighted by Gasteiger charge is 2.45. The van der Waals surface area contributed by atoms with E-state index >= 15 is 0 Å². The minimum absolute atomic E-state index is 0.0324. The van der Waals surface area contributed by atoms with Gasteiger partial charge in [-0.25, -0.2) is 0 Å². The number of aliphatic hydroxyl groups is 1. The van der Waals surface area contributed by atoms with Gasteiger partial charge in [-0.15, -0.1) is 0 Å². The van der Waals surface area contributed by atoms with Crippen molar-refractivity contribution >= 4 is 28.7 Å². The van der Waals surface area contributed by atoms with Crippen LogP contribution in [0.15, 0.2) is 76.7 Å². The predicted molar refractivity (Wildman–Crippen MR) is 127 cm³/mol. The van der Waals surface area contributed by atoms with Crippen molar-refractivity contribution < 1.29 is 28.2 Å². The van der Waals surface area contributed by atoms with Crippen LogP contribution in [0.3, 0.4) is 0 Å². The standard InChI is InChI=1S/C26H23F2NO4S/c1-15(2)13-20(30)22-23(19-5-3-4-6-21(19)33-26(27)28)29(25(32)24(22)31)18-9-7-16(8-10-18)17-11-12-34-14-17/h3-12,14-15,23,26,31H,13H2,1-2H3. The number of carbonyl (C=O) groups is 2. The monoisotopic (exact) mass is 483 g/mol. The molecule has 4 rings (SSSR count). The molecule has 2 aromatic carbocycles. The summed E-state index contributed by atoms with van der Waals surface area (Å²) in [6.07, 6.45) is 0.0893. The molecule has 0 bridgehead atoms. The van der Waals surface area contributed by atoms with Crippen LogP contribution in [0.1, 0.15) is 31.9 Å². The Labute approximate surface area is 199 Å². The molecule has 0 saturated carbocycles. The molecule has 2 heterocycles. The Morgan fingerprint density at radius 1 is 1.09 bits per heavy atom. The SMILES string of the molecule is CC(C)CC(=O)C1=C(O)C(=O)N(c2ccc(-c3ccsc3)cc2)C1c1ccccc1OC(F)F. The smallest absolute Gasteiger partial charge is 0.387 e. The Bertz CT molecular complexity index is 1220. The molecule has 0 fully saturated rings. The third-order valence-electron chi connectivity index (χ3n) is 5.53. The lowest BCUT2D eigenvalue weighted by Gasteiger charge is -2.28. The number of hydrogen-bond donors (Lipinski definition) is 1. The first-order valence-electron chi connectivity index (χ1n) is 10.7. The van der Waals surface area contributed by atoms with Crippen LogP contribution in [0.5, 0.6) is 5.75 Å². The Morgan fingerprint density at radius 3 is 2.41 bits per heavy atom. The zero-order chi connectivity index (χ0) is 24.4. The number of rotatable bonds is 8. The average Bonchev–Trinajstić information content (AvgIpc) is 3.41. The van der Waals surface area contributed by atoms with Crippen LogP contribution < -0.4 is 9.64 Å². The molecule has 1 unspecified atom stereocenters. The van der Waals surface area contributed by atoms with Crippen LogP contribution in [-0.2, 0) is 9.59 Å². The number of amides is 1. The largest absolute Gasteiger partial charge is 0.503 e. The summed E-state index contributed by atoms with van der Waals surface area (Å²) in [6, 6.07) is 13.9. The first kappa shape index (κ1) is 23.6. The summed E-state index contributed by atoms with van der Waals surface area (Å²) in [5.74, 6) is -2.07. The molecular weight excluding hydrogens is 460 g/mol. The van der Waals surface area contributed by atoms with Crippen molar-refractivity contribution in [2.75, 3.05) is 4.90 Å². The van der Waals surface area contributed by atoms with Crippen LogP contribution in [0.4, 0.5) is 14.5 Å². The minimum Gasteiger partial charge on any atom is -0.503 e. The predicted octanol–water partition coefficient (Wildman–Crippen LogP) is 6.53. The number of thiophene rings is 1. The number of anilines is 1. The van der Waals surface area contributed by atoms with E-state index in [4.69, 9.17) is 4.74 Å². The molecule has 1 aliphatic rings. The lowest BCUT2D eigenvalue weighted by molar-refractivity contribution is -0.118. The van der Waals surface area contributed by atoms with Crippen molar-refractivity contribution in [1.82, 2.24) is 0 Å². The van der Waals surface area contributed by atoms with Gasteiger partial charge < -0.3 is 9.84 Å². The molecule has 1 atom stereocenters. The van der Waals surface area contributed by atoms with Crippen molar-refractivity contribution in [2.45, 2.75) is 32.9 Å². The second kappa shape index (κ2) is 9.77. The average molecular weight is 484 g/mol. The lowest BCUT2D eigenvalue weighted by Crippen LogP contribution is -2.31. The molecule has 0 saturated heterocycles. The number of halogens is 2. The third kappa shape index (κ3) is 4.59. The molecule has 1 aliphatic heterocycles. The summed E-state index contributed by atoms with van der Waals surface area (Å²) in [6.45, 7) is 0.593. The molecule has 176 valence electrons. The zero-order valence-corrected chi connectivity index (χ0v) is 19.4. The number of ether oxygens (including phenoxy) is 1. The van der Waals surface area contributed by atoms with Crippen LogP contribution in [0, 0.1) is 5.92 Å². The van der Waals surface area contributed by atoms with Crippen molar-refractivity contribution in [3.05, 3.63) is 82.3 Å². The fourth-order valence-corrected chi connectivity index (χ4v) is 4.75. The molecule has 5 nitrogen and oxygen atoms in total. The maximum atomic E-state index is 13.2. The molecule has 1 N–H and O–H groups in total. The number of alkyl halides is 2. The van der Waals surface area contributed by atoms with E-state index in [1.54, 1.807) is 29.5 Å². The summed E-state index contributed by atoms with van der Waals surface area (Å²) in [7, 11) is 0. The first-order valence-corrected chi connectivity index (χ1v) is 11.7. The van der Waals surface area contributed by atoms with Gasteiger partial charge in [0.15, 0.2) is 11.5 Å². The fraction of sp³-hybridized carbons (Fsp3) is 0.231. The van der Waals surface area contributed by atoms with Crippen LogP contribution in [0.2, 0.25) is 0 Å². The van der Waals surface area contributed by atoms with Gasteiger partial charge in [0.1, 0.15) is 5.75 Å².